The van der Waals surface area contributed by atoms with Gasteiger partial charge in [-0.25, -0.2) is 0 Å². The quantitative estimate of drug-likeness (QED) is 0.617. The summed E-state index contributed by atoms with van der Waals surface area (Å²) in [7, 11) is 0. The van der Waals surface area contributed by atoms with Crippen molar-refractivity contribution in [3.05, 3.63) is 35.5 Å². The molecule has 0 saturated carbocycles. The van der Waals surface area contributed by atoms with Gasteiger partial charge in [0.25, 0.3) is 0 Å². The van der Waals surface area contributed by atoms with Crippen molar-refractivity contribution in [2.24, 2.45) is 5.92 Å². The number of pyridine rings is 1. The van der Waals surface area contributed by atoms with Crippen LogP contribution in [0.5, 0.6) is 5.75 Å². The highest BCUT2D eigenvalue weighted by Crippen LogP contribution is 2.31. The molecule has 1 fully saturated rings. The van der Waals surface area contributed by atoms with Crippen molar-refractivity contribution in [3.8, 4) is 5.75 Å². The molecule has 6 nitrogen and oxygen atoms in total. The second kappa shape index (κ2) is 9.92. The molecule has 0 bridgehead atoms. The highest BCUT2D eigenvalue weighted by molar-refractivity contribution is 5.88. The highest BCUT2D eigenvalue weighted by atomic mass is 16.5. The van der Waals surface area contributed by atoms with E-state index in [1.807, 2.05) is 45.0 Å². The number of amides is 2. The Morgan fingerprint density at radius 2 is 2.00 bits per heavy atom. The summed E-state index contributed by atoms with van der Waals surface area (Å²) in [5.41, 5.74) is 2.72. The van der Waals surface area contributed by atoms with Crippen molar-refractivity contribution < 1.29 is 14.3 Å². The zero-order valence-electron chi connectivity index (χ0n) is 18.6. The molecule has 0 radical (unpaired) electrons. The third kappa shape index (κ3) is 5.10. The van der Waals surface area contributed by atoms with E-state index in [0.29, 0.717) is 38.6 Å². The van der Waals surface area contributed by atoms with Gasteiger partial charge in [-0.15, -0.1) is 0 Å². The first kappa shape index (κ1) is 22.1. The fourth-order valence-corrected chi connectivity index (χ4v) is 3.73. The average molecular weight is 412 g/mol. The van der Waals surface area contributed by atoms with Crippen LogP contribution in [-0.2, 0) is 16.1 Å². The fourth-order valence-electron chi connectivity index (χ4n) is 3.73. The third-order valence-corrected chi connectivity index (χ3v) is 5.52. The van der Waals surface area contributed by atoms with Crippen LogP contribution in [0.2, 0.25) is 0 Å². The number of aromatic nitrogens is 1. The van der Waals surface area contributed by atoms with E-state index >= 15 is 0 Å². The van der Waals surface area contributed by atoms with Crippen molar-refractivity contribution in [2.45, 2.75) is 53.5 Å². The number of para-hydroxylation sites is 1. The van der Waals surface area contributed by atoms with Gasteiger partial charge in [0.1, 0.15) is 5.75 Å². The van der Waals surface area contributed by atoms with Crippen LogP contribution in [0.25, 0.3) is 10.9 Å². The molecular formula is C24H33N3O3. The van der Waals surface area contributed by atoms with Gasteiger partial charge in [-0.1, -0.05) is 39.3 Å². The maximum atomic E-state index is 12.7. The monoisotopic (exact) mass is 411 g/mol. The Bertz CT molecular complexity index is 910. The van der Waals surface area contributed by atoms with Crippen molar-refractivity contribution in [2.75, 3.05) is 26.2 Å². The fraction of sp³-hybridized carbons (Fsp3) is 0.542. The topological polar surface area (TPSA) is 62.7 Å². The lowest BCUT2D eigenvalue weighted by Gasteiger charge is -2.35. The van der Waals surface area contributed by atoms with Gasteiger partial charge in [0.2, 0.25) is 11.8 Å². The van der Waals surface area contributed by atoms with E-state index in [1.165, 1.54) is 0 Å². The van der Waals surface area contributed by atoms with E-state index in [2.05, 4.69) is 6.92 Å². The molecule has 0 atom stereocenters. The van der Waals surface area contributed by atoms with Gasteiger partial charge >= 0.3 is 0 Å². The van der Waals surface area contributed by atoms with E-state index < -0.39 is 0 Å². The lowest BCUT2D eigenvalue weighted by atomic mass is 10.1. The molecular weight excluding hydrogens is 378 g/mol. The summed E-state index contributed by atoms with van der Waals surface area (Å²) >= 11 is 0. The predicted molar refractivity (Wildman–Crippen MR) is 118 cm³/mol. The number of hydrogen-bond donors (Lipinski definition) is 0. The van der Waals surface area contributed by atoms with Crippen LogP contribution in [0.15, 0.2) is 24.3 Å². The smallest absolute Gasteiger partial charge is 0.242 e. The molecule has 2 amide bonds. The molecule has 1 aliphatic rings. The standard InChI is InChI=1S/C24H33N3O3/c1-5-6-13-30-24-18(4)21(25-20-10-8-7-9-19(20)24)15-26-11-12-27(16-23(26)29)22(28)14-17(2)3/h7-10,17H,5-6,11-16H2,1-4H3. The normalized spacial score (nSPS) is 14.6. The van der Waals surface area contributed by atoms with Crippen LogP contribution in [-0.4, -0.2) is 52.8 Å². The zero-order chi connectivity index (χ0) is 21.7. The number of benzene rings is 1. The van der Waals surface area contributed by atoms with Crippen molar-refractivity contribution in [1.29, 1.82) is 0 Å². The van der Waals surface area contributed by atoms with Gasteiger partial charge in [0.05, 0.1) is 30.9 Å². The first-order valence-electron chi connectivity index (χ1n) is 11.0. The number of unbranched alkanes of at least 4 members (excludes halogenated alkanes) is 1. The van der Waals surface area contributed by atoms with Gasteiger partial charge in [-0.2, -0.15) is 0 Å². The highest BCUT2D eigenvalue weighted by Gasteiger charge is 2.28. The second-order valence-corrected chi connectivity index (χ2v) is 8.46. The Hall–Kier alpha value is -2.63. The van der Waals surface area contributed by atoms with Gasteiger partial charge in [-0.3, -0.25) is 14.6 Å². The molecule has 2 heterocycles. The van der Waals surface area contributed by atoms with Crippen LogP contribution < -0.4 is 4.74 Å². The van der Waals surface area contributed by atoms with Crippen LogP contribution in [0.4, 0.5) is 0 Å². The molecule has 6 heteroatoms. The maximum absolute atomic E-state index is 12.7. The Morgan fingerprint density at radius 1 is 1.23 bits per heavy atom. The number of hydrogen-bond acceptors (Lipinski definition) is 4. The number of rotatable bonds is 8. The molecule has 0 N–H and O–H groups in total. The molecule has 1 aromatic heterocycles. The number of nitrogens with zero attached hydrogens (tertiary/aromatic N) is 3. The lowest BCUT2D eigenvalue weighted by molar-refractivity contribution is -0.146. The van der Waals surface area contributed by atoms with E-state index in [4.69, 9.17) is 9.72 Å². The summed E-state index contributed by atoms with van der Waals surface area (Å²) in [6.07, 6.45) is 2.55. The van der Waals surface area contributed by atoms with E-state index in [9.17, 15) is 9.59 Å². The molecule has 3 rings (SSSR count). The molecule has 30 heavy (non-hydrogen) atoms. The van der Waals surface area contributed by atoms with E-state index in [1.54, 1.807) is 9.80 Å². The SMILES string of the molecule is CCCCOc1c(C)c(CN2CCN(C(=O)CC(C)C)CC2=O)nc2ccccc12. The van der Waals surface area contributed by atoms with Gasteiger partial charge in [0.15, 0.2) is 0 Å². The lowest BCUT2D eigenvalue weighted by Crippen LogP contribution is -2.52. The predicted octanol–water partition coefficient (Wildman–Crippen LogP) is 3.94. The third-order valence-electron chi connectivity index (χ3n) is 5.52. The summed E-state index contributed by atoms with van der Waals surface area (Å²) in [6, 6.07) is 7.97. The first-order valence-corrected chi connectivity index (χ1v) is 11.0. The Kier molecular flexibility index (Phi) is 7.29. The molecule has 0 aliphatic carbocycles. The van der Waals surface area contributed by atoms with Crippen molar-refractivity contribution in [1.82, 2.24) is 14.8 Å². The molecule has 2 aromatic rings. The summed E-state index contributed by atoms with van der Waals surface area (Å²) < 4.78 is 6.14. The minimum absolute atomic E-state index is 0.0267. The second-order valence-electron chi connectivity index (χ2n) is 8.46. The van der Waals surface area contributed by atoms with Gasteiger partial charge in [-0.05, 0) is 31.4 Å². The van der Waals surface area contributed by atoms with Crippen LogP contribution in [0.1, 0.15) is 51.3 Å². The molecule has 1 aliphatic heterocycles. The molecule has 1 aromatic carbocycles. The molecule has 162 valence electrons. The molecule has 1 saturated heterocycles. The largest absolute Gasteiger partial charge is 0.493 e. The van der Waals surface area contributed by atoms with E-state index in [-0.39, 0.29) is 18.4 Å². The first-order chi connectivity index (χ1) is 14.4. The number of carbonyl (C=O) groups excluding carboxylic acids is 2. The molecule has 0 unspecified atom stereocenters. The number of piperazine rings is 1. The summed E-state index contributed by atoms with van der Waals surface area (Å²) in [6.45, 7) is 10.6. The van der Waals surface area contributed by atoms with Crippen LogP contribution >= 0.6 is 0 Å². The van der Waals surface area contributed by atoms with Gasteiger partial charge < -0.3 is 14.5 Å². The number of ether oxygens (including phenoxy) is 1. The summed E-state index contributed by atoms with van der Waals surface area (Å²) in [5.74, 6) is 1.19. The average Bonchev–Trinajstić information content (AvgIpc) is 2.71. The minimum Gasteiger partial charge on any atom is -0.493 e. The number of carbonyl (C=O) groups is 2. The van der Waals surface area contributed by atoms with Crippen molar-refractivity contribution >= 4 is 22.7 Å². The van der Waals surface area contributed by atoms with E-state index in [0.717, 1.165) is 40.8 Å². The van der Waals surface area contributed by atoms with Crippen LogP contribution in [0, 0.1) is 12.8 Å². The number of fused-ring (bicyclic) bond motifs is 1. The zero-order valence-corrected chi connectivity index (χ0v) is 18.6. The minimum atomic E-state index is -0.0267. The van der Waals surface area contributed by atoms with Crippen LogP contribution in [0.3, 0.4) is 0 Å². The summed E-state index contributed by atoms with van der Waals surface area (Å²) in [5, 5.41) is 1.00. The van der Waals surface area contributed by atoms with Crippen molar-refractivity contribution in [3.63, 3.8) is 0 Å². The molecule has 0 spiro atoms. The summed E-state index contributed by atoms with van der Waals surface area (Å²) in [4.78, 5) is 33.4. The Balaban J connectivity index is 1.78. The Morgan fingerprint density at radius 3 is 2.70 bits per heavy atom. The van der Waals surface area contributed by atoms with Gasteiger partial charge in [0, 0.05) is 30.5 Å². The maximum Gasteiger partial charge on any atom is 0.242 e. The Labute approximate surface area is 179 Å².